The average Bonchev–Trinajstić information content (AvgIpc) is 3.69. The molecule has 89 heavy (non-hydrogen) atoms. The van der Waals surface area contributed by atoms with Crippen LogP contribution in [0.2, 0.25) is 0 Å². The van der Waals surface area contributed by atoms with Gasteiger partial charge in [0, 0.05) is 55.8 Å². The first-order chi connectivity index (χ1) is 41.9. The molecule has 8 rings (SSSR count). The van der Waals surface area contributed by atoms with Gasteiger partial charge in [-0.1, -0.05) is 180 Å². The van der Waals surface area contributed by atoms with Gasteiger partial charge in [0.15, 0.2) is 0 Å². The van der Waals surface area contributed by atoms with Crippen LogP contribution in [0.3, 0.4) is 0 Å². The number of Topliss-reactive ketones (excluding diaryl/α,β-unsaturated/α-hetero) is 2. The second-order valence-corrected chi connectivity index (χ2v) is 31.5. The molecular weight excluding hydrogens is 1110 g/mol. The van der Waals surface area contributed by atoms with Gasteiger partial charge in [0.2, 0.25) is 12.3 Å². The number of nitrogens with two attached hydrogens (primary N) is 3. The lowest BCUT2D eigenvalue weighted by Gasteiger charge is -2.35. The molecule has 0 radical (unpaired) electrons. The van der Waals surface area contributed by atoms with Crippen molar-refractivity contribution >= 4 is 23.9 Å². The molecule has 8 aliphatic carbocycles. The summed E-state index contributed by atoms with van der Waals surface area (Å²) in [5, 5.41) is 37.8. The predicted octanol–water partition coefficient (Wildman–Crippen LogP) is 15.4. The lowest BCUT2D eigenvalue weighted by atomic mass is 9.76. The third-order valence-corrected chi connectivity index (χ3v) is 22.1. The molecule has 0 aromatic heterocycles. The van der Waals surface area contributed by atoms with Gasteiger partial charge < -0.3 is 43.2 Å². The Morgan fingerprint density at radius 3 is 1.20 bits per heavy atom. The highest BCUT2D eigenvalue weighted by molar-refractivity contribution is 5.84. The Morgan fingerprint density at radius 2 is 0.831 bits per heavy atom. The van der Waals surface area contributed by atoms with Gasteiger partial charge in [-0.2, -0.15) is 4.91 Å². The fraction of sp³-hybridized carbons (Fsp3) is 0.947. The fourth-order valence-electron chi connectivity index (χ4n) is 16.4. The van der Waals surface area contributed by atoms with E-state index in [9.17, 15) is 39.4 Å². The van der Waals surface area contributed by atoms with Crippen LogP contribution in [0.25, 0.3) is 0 Å². The first-order valence-electron chi connectivity index (χ1n) is 37.1. The average molecular weight is 1260 g/mol. The summed E-state index contributed by atoms with van der Waals surface area (Å²) >= 11 is 0. The highest BCUT2D eigenvalue weighted by Crippen LogP contribution is 2.35. The van der Waals surface area contributed by atoms with Gasteiger partial charge in [0.05, 0.1) is 24.4 Å². The first-order valence-corrected chi connectivity index (χ1v) is 37.1. The van der Waals surface area contributed by atoms with Gasteiger partial charge in [-0.25, -0.2) is 0 Å². The van der Waals surface area contributed by atoms with Crippen molar-refractivity contribution in [2.24, 2.45) is 117 Å². The molecule has 14 nitrogen and oxygen atoms in total. The van der Waals surface area contributed by atoms with E-state index in [2.05, 4.69) is 127 Å². The van der Waals surface area contributed by atoms with Crippen molar-refractivity contribution in [3.63, 3.8) is 0 Å². The Kier molecular flexibility index (Phi) is 44.4. The molecule has 2 amide bonds. The summed E-state index contributed by atoms with van der Waals surface area (Å²) in [6, 6.07) is 0.785. The molecule has 0 aliphatic heterocycles. The largest absolute Gasteiger partial charge is 0.393 e. The summed E-state index contributed by atoms with van der Waals surface area (Å²) in [4.78, 5) is 54.1. The van der Waals surface area contributed by atoms with E-state index in [1.807, 2.05) is 0 Å². The molecule has 14 heteroatoms. The Balaban J connectivity index is 0.000000509. The number of nitrogens with one attached hydrogen (secondary N) is 2. The maximum absolute atomic E-state index is 11.2. The van der Waals surface area contributed by atoms with Crippen LogP contribution < -0.4 is 27.8 Å². The molecule has 8 aliphatic rings. The minimum atomic E-state index is -0.177. The molecule has 8 saturated carbocycles. The van der Waals surface area contributed by atoms with Gasteiger partial charge in [0.25, 0.3) is 0 Å². The van der Waals surface area contributed by atoms with Crippen LogP contribution in [-0.2, 0) is 19.2 Å². The summed E-state index contributed by atoms with van der Waals surface area (Å²) in [6.45, 7) is 36.6. The number of hydrogen-bond donors (Lipinski definition) is 8. The normalized spacial score (nSPS) is 33.1. The Bertz CT molecular complexity index is 1820. The Hall–Kier alpha value is -2.36. The molecule has 17 atom stereocenters. The topological polar surface area (TPSA) is 261 Å². The smallest absolute Gasteiger partial charge is 0.217 e. The van der Waals surface area contributed by atoms with Crippen molar-refractivity contribution in [3.05, 3.63) is 4.91 Å². The van der Waals surface area contributed by atoms with Crippen LogP contribution in [0.5, 0.6) is 0 Å². The highest BCUT2D eigenvalue weighted by atomic mass is 16.3. The molecule has 1 unspecified atom stereocenters. The molecule has 0 spiro atoms. The second kappa shape index (κ2) is 46.7. The van der Waals surface area contributed by atoms with Crippen molar-refractivity contribution in [1.82, 2.24) is 10.6 Å². The van der Waals surface area contributed by atoms with E-state index in [1.165, 1.54) is 96.3 Å². The molecule has 0 saturated heterocycles. The van der Waals surface area contributed by atoms with Crippen molar-refractivity contribution < 1.29 is 34.5 Å². The fourth-order valence-corrected chi connectivity index (χ4v) is 16.4. The number of rotatable bonds is 12. The summed E-state index contributed by atoms with van der Waals surface area (Å²) < 4.78 is 0. The number of hydrogen-bond acceptors (Lipinski definition) is 12. The summed E-state index contributed by atoms with van der Waals surface area (Å²) in [5.74, 6) is 9.96. The maximum Gasteiger partial charge on any atom is 0.217 e. The van der Waals surface area contributed by atoms with Crippen molar-refractivity contribution in [3.8, 4) is 0 Å². The second-order valence-electron chi connectivity index (χ2n) is 31.5. The maximum atomic E-state index is 11.2. The van der Waals surface area contributed by atoms with E-state index in [0.717, 1.165) is 89.9 Å². The van der Waals surface area contributed by atoms with Gasteiger partial charge in [-0.3, -0.25) is 19.2 Å². The van der Waals surface area contributed by atoms with Crippen LogP contribution in [0.1, 0.15) is 304 Å². The van der Waals surface area contributed by atoms with Gasteiger partial charge in [0.1, 0.15) is 17.6 Å². The van der Waals surface area contributed by atoms with Gasteiger partial charge in [-0.15, -0.1) is 0 Å². The van der Waals surface area contributed by atoms with Crippen LogP contribution in [0, 0.1) is 99.6 Å². The van der Waals surface area contributed by atoms with E-state index in [0.29, 0.717) is 119 Å². The number of nitroso groups, excluding NO2 is 1. The van der Waals surface area contributed by atoms with Crippen LogP contribution in [0.4, 0.5) is 0 Å². The third-order valence-electron chi connectivity index (χ3n) is 22.1. The molecule has 0 aromatic carbocycles. The summed E-state index contributed by atoms with van der Waals surface area (Å²) in [7, 11) is 0. The molecular formula is C75H146N6O8. The summed E-state index contributed by atoms with van der Waals surface area (Å²) in [5.41, 5.74) is 17.6. The lowest BCUT2D eigenvalue weighted by molar-refractivity contribution is -0.126. The number of carbonyl (C=O) groups excluding carboxylic acids is 4. The molecule has 8 fully saturated rings. The number of nitrogens with zero attached hydrogens (tertiary/aromatic N) is 1. The van der Waals surface area contributed by atoms with E-state index < -0.39 is 0 Å². The lowest BCUT2D eigenvalue weighted by Crippen LogP contribution is -2.45. The highest BCUT2D eigenvalue weighted by Gasteiger charge is 2.35. The number of aliphatic hydroxyl groups excluding tert-OH is 3. The molecule has 524 valence electrons. The first kappa shape index (κ1) is 84.7. The molecule has 0 heterocycles. The molecule has 11 N–H and O–H groups in total. The van der Waals surface area contributed by atoms with Crippen molar-refractivity contribution in [2.75, 3.05) is 0 Å². The zero-order valence-corrected chi connectivity index (χ0v) is 60.6. The van der Waals surface area contributed by atoms with Crippen molar-refractivity contribution in [1.29, 1.82) is 0 Å². The standard InChI is InChI=1S/C11H21NO.C10H19NO.C9H18N2O.C9H19NO.C9H17NO.2C9H18O.C9H16O/c1-8(2)10-6-4-5-7-11(10)12-9(3)13;1-8(2)9-5-3-4-6-10(9)11-7-12;1-6(2)7-4-3-5-8(11-12)9(7)10;1-6(2)9-7(10)4-3-5-8(9)11;1-6(2)7-4-3-5-8(11)9(7)10;3*1-7(2)8-5-3-4-6-9(8)10/h8,10-11H,4-7H2,1-3H3,(H,12,13);7-10H,3-6H2,1-2H3,(H,11,12);6-9H,3-5,10H2,1-2H3;6-9,11H,3-5,10H2,1-2H3;6-7,9H,3-5,10H2,1-2H3;2*7-10H,3-6H2,1-2H3;7-8H,3-6H2,1-2H3/t10?,11-;9-,10-;7-,8-,9+;7-,8+,9-;7-,9+;8-,9+;8-,9-;8-/m00000000/s1. The number of aliphatic hydroxyl groups is 3. The minimum absolute atomic E-state index is 0.00347. The number of amides is 2. The van der Waals surface area contributed by atoms with Gasteiger partial charge >= 0.3 is 0 Å². The number of carbonyl (C=O) groups is 4. The van der Waals surface area contributed by atoms with Crippen LogP contribution in [-0.4, -0.2) is 93.8 Å². The van der Waals surface area contributed by atoms with Crippen molar-refractivity contribution in [2.45, 2.75) is 358 Å². The third kappa shape index (κ3) is 32.6. The quantitative estimate of drug-likeness (QED) is 0.0673. The van der Waals surface area contributed by atoms with E-state index in [4.69, 9.17) is 17.2 Å². The van der Waals surface area contributed by atoms with E-state index in [1.54, 1.807) is 6.92 Å². The van der Waals surface area contributed by atoms with Gasteiger partial charge in [-0.05, 0) is 192 Å². The summed E-state index contributed by atoms with van der Waals surface area (Å²) in [6.07, 6.45) is 33.9. The van der Waals surface area contributed by atoms with Crippen LogP contribution >= 0.6 is 0 Å². The molecule has 0 bridgehead atoms. The molecule has 0 aromatic rings. The predicted molar refractivity (Wildman–Crippen MR) is 373 cm³/mol. The Morgan fingerprint density at radius 1 is 0.438 bits per heavy atom. The van der Waals surface area contributed by atoms with E-state index >= 15 is 0 Å². The Labute approximate surface area is 547 Å². The van der Waals surface area contributed by atoms with E-state index in [-0.39, 0.29) is 54.2 Å². The SMILES string of the molecule is CC(=O)N[C@H]1CCCCC1C(C)C.CC(C)[C@@H]1CCCC(=O)[C@@H]1N.CC(C)[C@@H]1CCCCC1=O.CC(C)[C@@H]1CCCC[C@@H]1NC=O.CC(C)[C@@H]1CCCC[C@@H]1O.CC(C)[C@@H]1CCCC[C@H]1O.CC(C)[C@@H]1CCC[C@H](N=O)[C@@H]1N.CC(C)[C@@H]1[C@H](O)CCC[C@@H]1N. The van der Waals surface area contributed by atoms with Crippen LogP contribution in [0.15, 0.2) is 5.18 Å². The zero-order valence-electron chi connectivity index (χ0n) is 60.6. The monoisotopic (exact) mass is 1260 g/mol. The number of ketones is 2. The minimum Gasteiger partial charge on any atom is -0.393 e. The zero-order chi connectivity index (χ0) is 67.5.